The van der Waals surface area contributed by atoms with Gasteiger partial charge in [0.05, 0.1) is 17.1 Å². The Hall–Kier alpha value is -2.90. The summed E-state index contributed by atoms with van der Waals surface area (Å²) >= 11 is 0. The van der Waals surface area contributed by atoms with Crippen molar-refractivity contribution in [2.24, 2.45) is 0 Å². The van der Waals surface area contributed by atoms with Crippen molar-refractivity contribution in [3.05, 3.63) is 89.7 Å². The average molecular weight is 469 g/mol. The molecule has 7 heteroatoms. The van der Waals surface area contributed by atoms with E-state index in [1.807, 2.05) is 23.1 Å². The van der Waals surface area contributed by atoms with Crippen LogP contribution in [0.2, 0.25) is 0 Å². The summed E-state index contributed by atoms with van der Waals surface area (Å²) in [5.41, 5.74) is 2.85. The first-order valence-corrected chi connectivity index (χ1v) is 12.9. The zero-order chi connectivity index (χ0) is 23.4. The Balaban J connectivity index is 1.36. The van der Waals surface area contributed by atoms with Crippen LogP contribution in [0.25, 0.3) is 0 Å². The highest BCUT2D eigenvalue weighted by molar-refractivity contribution is 7.90. The second-order valence-corrected chi connectivity index (χ2v) is 10.7. The minimum absolute atomic E-state index is 0.00945. The predicted octanol–water partition coefficient (Wildman–Crippen LogP) is 4.52. The smallest absolute Gasteiger partial charge is 0.175 e. The molecule has 0 bridgehead atoms. The van der Waals surface area contributed by atoms with E-state index in [0.717, 1.165) is 37.6 Å². The highest BCUT2D eigenvalue weighted by Gasteiger charge is 2.26. The van der Waals surface area contributed by atoms with E-state index in [9.17, 15) is 12.8 Å². The molecular formula is C26H29FN2O3S. The highest BCUT2D eigenvalue weighted by Crippen LogP contribution is 2.28. The fraction of sp³-hybridized carbons (Fsp3) is 0.308. The number of benzene rings is 3. The van der Waals surface area contributed by atoms with Crippen molar-refractivity contribution < 1.29 is 17.5 Å². The summed E-state index contributed by atoms with van der Waals surface area (Å²) in [7, 11) is -1.34. The van der Waals surface area contributed by atoms with E-state index in [1.165, 1.54) is 23.3 Å². The first-order valence-electron chi connectivity index (χ1n) is 11.0. The normalized spacial score (nSPS) is 16.4. The maximum atomic E-state index is 14.6. The summed E-state index contributed by atoms with van der Waals surface area (Å²) in [6.45, 7) is 2.88. The van der Waals surface area contributed by atoms with Crippen LogP contribution in [0, 0.1) is 5.82 Å². The molecule has 3 aromatic carbocycles. The Morgan fingerprint density at radius 3 is 2.45 bits per heavy atom. The number of halogens is 1. The van der Waals surface area contributed by atoms with Crippen molar-refractivity contribution in [1.82, 2.24) is 4.90 Å². The first-order chi connectivity index (χ1) is 15.8. The van der Waals surface area contributed by atoms with E-state index in [-0.39, 0.29) is 11.0 Å². The Morgan fingerprint density at radius 2 is 1.73 bits per heavy atom. The van der Waals surface area contributed by atoms with E-state index < -0.39 is 15.7 Å². The van der Waals surface area contributed by atoms with E-state index in [0.29, 0.717) is 18.8 Å². The molecular weight excluding hydrogens is 439 g/mol. The van der Waals surface area contributed by atoms with Crippen LogP contribution < -0.4 is 9.64 Å². The summed E-state index contributed by atoms with van der Waals surface area (Å²) in [6, 6.07) is 22.6. The molecule has 3 aromatic rings. The fourth-order valence-corrected chi connectivity index (χ4v) is 4.82. The Bertz CT molecular complexity index is 1200. The maximum Gasteiger partial charge on any atom is 0.175 e. The van der Waals surface area contributed by atoms with Crippen molar-refractivity contribution in [1.29, 1.82) is 0 Å². The average Bonchev–Trinajstić information content (AvgIpc) is 3.22. The van der Waals surface area contributed by atoms with Crippen molar-refractivity contribution in [3.63, 3.8) is 0 Å². The van der Waals surface area contributed by atoms with Crippen LogP contribution in [0.15, 0.2) is 77.7 Å². The minimum Gasteiger partial charge on any atom is -0.489 e. The van der Waals surface area contributed by atoms with Crippen molar-refractivity contribution >= 4 is 15.5 Å². The molecule has 5 nitrogen and oxygen atoms in total. The third-order valence-corrected chi connectivity index (χ3v) is 6.89. The Kier molecular flexibility index (Phi) is 7.00. The number of rotatable bonds is 8. The molecule has 0 aliphatic carbocycles. The van der Waals surface area contributed by atoms with Gasteiger partial charge in [-0.2, -0.15) is 0 Å². The standard InChI is InChI=1S/C26H29FN2O3S/c1-28(17-20-7-4-3-5-8-20)18-21-9-6-10-22(15-21)32-23-13-14-29(19-23)26-12-11-24(16-25(26)27)33(2,30)31/h3-12,15-16,23H,13-14,17-19H2,1-2H3/t23-/m0/s1. The van der Waals surface area contributed by atoms with Gasteiger partial charge < -0.3 is 9.64 Å². The van der Waals surface area contributed by atoms with Gasteiger partial charge in [0.1, 0.15) is 17.7 Å². The van der Waals surface area contributed by atoms with Gasteiger partial charge in [-0.25, -0.2) is 12.8 Å². The van der Waals surface area contributed by atoms with Crippen LogP contribution in [-0.2, 0) is 22.9 Å². The van der Waals surface area contributed by atoms with Crippen LogP contribution in [0.3, 0.4) is 0 Å². The molecule has 174 valence electrons. The minimum atomic E-state index is -3.43. The number of hydrogen-bond donors (Lipinski definition) is 0. The molecule has 0 saturated carbocycles. The van der Waals surface area contributed by atoms with Gasteiger partial charge >= 0.3 is 0 Å². The molecule has 1 atom stereocenters. The molecule has 0 radical (unpaired) electrons. The molecule has 0 spiro atoms. The van der Waals surface area contributed by atoms with Gasteiger partial charge in [-0.3, -0.25) is 4.90 Å². The fourth-order valence-electron chi connectivity index (χ4n) is 4.19. The maximum absolute atomic E-state index is 14.6. The molecule has 0 unspecified atom stereocenters. The summed E-state index contributed by atoms with van der Waals surface area (Å²) in [4.78, 5) is 4.16. The topological polar surface area (TPSA) is 49.9 Å². The van der Waals surface area contributed by atoms with Crippen molar-refractivity contribution in [2.45, 2.75) is 30.5 Å². The molecule has 4 rings (SSSR count). The summed E-state index contributed by atoms with van der Waals surface area (Å²) < 4.78 is 44.1. The van der Waals surface area contributed by atoms with Gasteiger partial charge in [0.15, 0.2) is 9.84 Å². The molecule has 1 aliphatic heterocycles. The van der Waals surface area contributed by atoms with Crippen molar-refractivity contribution in [3.8, 4) is 5.75 Å². The monoisotopic (exact) mass is 468 g/mol. The second kappa shape index (κ2) is 9.93. The van der Waals surface area contributed by atoms with Crippen LogP contribution >= 0.6 is 0 Å². The third-order valence-electron chi connectivity index (χ3n) is 5.78. The molecule has 1 saturated heterocycles. The van der Waals surface area contributed by atoms with E-state index >= 15 is 0 Å². The number of nitrogens with zero attached hydrogens (tertiary/aromatic N) is 2. The summed E-state index contributed by atoms with van der Waals surface area (Å²) in [6.07, 6.45) is 1.79. The lowest BCUT2D eigenvalue weighted by atomic mass is 10.1. The van der Waals surface area contributed by atoms with Gasteiger partial charge in [0, 0.05) is 32.3 Å². The molecule has 33 heavy (non-hydrogen) atoms. The van der Waals surface area contributed by atoms with Gasteiger partial charge in [-0.1, -0.05) is 42.5 Å². The molecule has 0 aromatic heterocycles. The number of sulfone groups is 1. The molecule has 1 fully saturated rings. The first kappa shape index (κ1) is 23.3. The molecule has 1 heterocycles. The third kappa shape index (κ3) is 6.12. The number of ether oxygens (including phenoxy) is 1. The largest absolute Gasteiger partial charge is 0.489 e. The zero-order valence-electron chi connectivity index (χ0n) is 18.9. The number of hydrogen-bond acceptors (Lipinski definition) is 5. The summed E-state index contributed by atoms with van der Waals surface area (Å²) in [5, 5.41) is 0. The Labute approximate surface area is 195 Å². The van der Waals surface area contributed by atoms with E-state index in [1.54, 1.807) is 0 Å². The lowest BCUT2D eigenvalue weighted by Crippen LogP contribution is -2.25. The highest BCUT2D eigenvalue weighted by atomic mass is 32.2. The van der Waals surface area contributed by atoms with Crippen LogP contribution in [0.1, 0.15) is 17.5 Å². The molecule has 0 amide bonds. The molecule has 1 aliphatic rings. The lowest BCUT2D eigenvalue weighted by molar-refractivity contribution is 0.224. The lowest BCUT2D eigenvalue weighted by Gasteiger charge is -2.21. The quantitative estimate of drug-likeness (QED) is 0.487. The number of anilines is 1. The Morgan fingerprint density at radius 1 is 1.00 bits per heavy atom. The van der Waals surface area contributed by atoms with Crippen LogP contribution in [0.5, 0.6) is 5.75 Å². The van der Waals surface area contributed by atoms with E-state index in [4.69, 9.17) is 4.74 Å². The van der Waals surface area contributed by atoms with Crippen LogP contribution in [-0.4, -0.2) is 45.8 Å². The van der Waals surface area contributed by atoms with Crippen molar-refractivity contribution in [2.75, 3.05) is 31.3 Å². The van der Waals surface area contributed by atoms with Gasteiger partial charge in [-0.15, -0.1) is 0 Å². The second-order valence-electron chi connectivity index (χ2n) is 8.67. The van der Waals surface area contributed by atoms with E-state index in [2.05, 4.69) is 48.3 Å². The van der Waals surface area contributed by atoms with Gasteiger partial charge in [0.2, 0.25) is 0 Å². The van der Waals surface area contributed by atoms with Gasteiger partial charge in [-0.05, 0) is 48.5 Å². The summed E-state index contributed by atoms with van der Waals surface area (Å²) in [5.74, 6) is 0.280. The van der Waals surface area contributed by atoms with Crippen LogP contribution in [0.4, 0.5) is 10.1 Å². The SMILES string of the molecule is CN(Cc1ccccc1)Cc1cccc(O[C@H]2CCN(c3ccc(S(C)(=O)=O)cc3F)C2)c1. The zero-order valence-corrected chi connectivity index (χ0v) is 19.8. The molecule has 0 N–H and O–H groups in total. The van der Waals surface area contributed by atoms with Gasteiger partial charge in [0.25, 0.3) is 0 Å². The predicted molar refractivity (Wildman–Crippen MR) is 129 cm³/mol.